The Morgan fingerprint density at radius 1 is 0.919 bits per heavy atom. The van der Waals surface area contributed by atoms with E-state index >= 15 is 0 Å². The molecule has 0 atom stereocenters. The zero-order chi connectivity index (χ0) is 25.9. The van der Waals surface area contributed by atoms with Crippen LogP contribution in [0.15, 0.2) is 58.1 Å². The molecule has 0 fully saturated rings. The summed E-state index contributed by atoms with van der Waals surface area (Å²) >= 11 is 0. The summed E-state index contributed by atoms with van der Waals surface area (Å²) in [7, 11) is 1.68. The van der Waals surface area contributed by atoms with Crippen molar-refractivity contribution in [3.63, 3.8) is 0 Å². The lowest BCUT2D eigenvalue weighted by atomic mass is 9.98. The zero-order valence-corrected chi connectivity index (χ0v) is 21.3. The Hall–Kier alpha value is -4.34. The Kier molecular flexibility index (Phi) is 6.80. The number of aromatic amines is 1. The number of imidazole rings is 1. The quantitative estimate of drug-likeness (QED) is 0.311. The van der Waals surface area contributed by atoms with E-state index in [4.69, 9.17) is 4.98 Å². The van der Waals surface area contributed by atoms with Crippen LogP contribution in [0.25, 0.3) is 33.7 Å². The molecule has 37 heavy (non-hydrogen) atoms. The van der Waals surface area contributed by atoms with Crippen LogP contribution in [0.4, 0.5) is 0 Å². The zero-order valence-electron chi connectivity index (χ0n) is 21.3. The average Bonchev–Trinajstić information content (AvgIpc) is 3.58. The van der Waals surface area contributed by atoms with Gasteiger partial charge in [0.1, 0.15) is 5.82 Å². The van der Waals surface area contributed by atoms with Crippen molar-refractivity contribution in [3.8, 4) is 22.5 Å². The molecule has 1 N–H and O–H groups in total. The molecule has 2 aromatic carbocycles. The van der Waals surface area contributed by atoms with Crippen LogP contribution in [0.2, 0.25) is 0 Å². The topological polar surface area (TPSA) is 116 Å². The molecule has 3 heterocycles. The number of unbranched alkanes of at least 4 members (excludes halogenated alkanes) is 2. The lowest BCUT2D eigenvalue weighted by molar-refractivity contribution is 0.632. The van der Waals surface area contributed by atoms with Crippen LogP contribution in [-0.2, 0) is 26.6 Å². The van der Waals surface area contributed by atoms with Crippen molar-refractivity contribution in [1.82, 2.24) is 39.3 Å². The van der Waals surface area contributed by atoms with Gasteiger partial charge in [-0.2, -0.15) is 0 Å². The number of nitrogens with one attached hydrogen (secondary N) is 1. The maximum Gasteiger partial charge on any atom is 0.332 e. The smallest absolute Gasteiger partial charge is 0.318 e. The van der Waals surface area contributed by atoms with Crippen molar-refractivity contribution < 1.29 is 0 Å². The second-order valence-corrected chi connectivity index (χ2v) is 9.13. The van der Waals surface area contributed by atoms with E-state index in [-0.39, 0.29) is 11.2 Å². The van der Waals surface area contributed by atoms with Gasteiger partial charge in [-0.05, 0) is 40.5 Å². The highest BCUT2D eigenvalue weighted by molar-refractivity contribution is 5.80. The van der Waals surface area contributed by atoms with Crippen LogP contribution >= 0.6 is 0 Å². The lowest BCUT2D eigenvalue weighted by Crippen LogP contribution is -2.39. The van der Waals surface area contributed by atoms with Crippen molar-refractivity contribution in [2.45, 2.75) is 52.6 Å². The van der Waals surface area contributed by atoms with Gasteiger partial charge in [-0.25, -0.2) is 14.9 Å². The molecule has 5 aromatic rings. The normalized spacial score (nSPS) is 11.4. The summed E-state index contributed by atoms with van der Waals surface area (Å²) in [6, 6.07) is 16.2. The highest BCUT2D eigenvalue weighted by Crippen LogP contribution is 2.30. The third-order valence-corrected chi connectivity index (χ3v) is 6.76. The largest absolute Gasteiger partial charge is 0.332 e. The van der Waals surface area contributed by atoms with Gasteiger partial charge in [-0.1, -0.05) is 68.3 Å². The van der Waals surface area contributed by atoms with E-state index in [2.05, 4.69) is 51.8 Å². The minimum Gasteiger partial charge on any atom is -0.318 e. The van der Waals surface area contributed by atoms with Gasteiger partial charge in [0.25, 0.3) is 5.56 Å². The Bertz CT molecular complexity index is 1640. The SMILES string of the molecule is CCCCCc1nc2c(c(=O)n(CC)c(=O)n2C)n1Cc1ccc(-c2ccccc2-c2nnn[nH]2)cc1. The lowest BCUT2D eigenvalue weighted by Gasteiger charge is -2.12. The highest BCUT2D eigenvalue weighted by atomic mass is 16.2. The number of H-pyrrole nitrogens is 1. The highest BCUT2D eigenvalue weighted by Gasteiger charge is 2.20. The summed E-state index contributed by atoms with van der Waals surface area (Å²) in [6.07, 6.45) is 3.89. The Labute approximate surface area is 213 Å². The van der Waals surface area contributed by atoms with Gasteiger partial charge in [0.05, 0.1) is 0 Å². The first-order valence-electron chi connectivity index (χ1n) is 12.6. The fourth-order valence-corrected chi connectivity index (χ4v) is 4.78. The molecule has 3 aromatic heterocycles. The van der Waals surface area contributed by atoms with Crippen LogP contribution in [0.1, 0.15) is 44.5 Å². The number of benzene rings is 2. The Morgan fingerprint density at radius 2 is 1.68 bits per heavy atom. The average molecular weight is 499 g/mol. The van der Waals surface area contributed by atoms with Crippen LogP contribution in [0.5, 0.6) is 0 Å². The standard InChI is InChI=1S/C27H30N8O2/c1-4-6-7-12-22-28-25-23(26(36)34(5-2)27(37)33(25)3)35(22)17-18-13-15-19(16-14-18)20-10-8-9-11-21(20)24-29-31-32-30-24/h8-11,13-16H,4-7,12,17H2,1-3H3,(H,29,30,31,32). The van der Waals surface area contributed by atoms with Crippen molar-refractivity contribution >= 4 is 11.2 Å². The predicted octanol–water partition coefficient (Wildman–Crippen LogP) is 3.54. The van der Waals surface area contributed by atoms with Crippen molar-refractivity contribution in [1.29, 1.82) is 0 Å². The Balaban J connectivity index is 1.55. The minimum absolute atomic E-state index is 0.291. The molecule has 0 spiro atoms. The maximum absolute atomic E-state index is 13.3. The van der Waals surface area contributed by atoms with Gasteiger partial charge in [0.15, 0.2) is 17.0 Å². The second kappa shape index (κ2) is 10.3. The fraction of sp³-hybridized carbons (Fsp3) is 0.333. The third-order valence-electron chi connectivity index (χ3n) is 6.76. The number of tetrazole rings is 1. The second-order valence-electron chi connectivity index (χ2n) is 9.13. The van der Waals surface area contributed by atoms with Crippen LogP contribution in [0, 0.1) is 0 Å². The Morgan fingerprint density at radius 3 is 2.35 bits per heavy atom. The maximum atomic E-state index is 13.3. The van der Waals surface area contributed by atoms with E-state index in [1.54, 1.807) is 7.05 Å². The first-order chi connectivity index (χ1) is 18.0. The number of hydrogen-bond donors (Lipinski definition) is 1. The summed E-state index contributed by atoms with van der Waals surface area (Å²) in [6.45, 7) is 4.77. The van der Waals surface area contributed by atoms with Gasteiger partial charge < -0.3 is 4.57 Å². The molecule has 0 radical (unpaired) electrons. The first kappa shape index (κ1) is 24.4. The van der Waals surface area contributed by atoms with Crippen LogP contribution in [0.3, 0.4) is 0 Å². The van der Waals surface area contributed by atoms with E-state index in [0.29, 0.717) is 30.1 Å². The summed E-state index contributed by atoms with van der Waals surface area (Å²) < 4.78 is 4.75. The number of rotatable bonds is 9. The molecular formula is C27H30N8O2. The van der Waals surface area contributed by atoms with E-state index in [1.165, 1.54) is 9.13 Å². The van der Waals surface area contributed by atoms with E-state index in [1.807, 2.05) is 35.8 Å². The van der Waals surface area contributed by atoms with E-state index < -0.39 is 0 Å². The third kappa shape index (κ3) is 4.50. The van der Waals surface area contributed by atoms with Gasteiger partial charge in [-0.3, -0.25) is 13.9 Å². The number of nitrogens with zero attached hydrogens (tertiary/aromatic N) is 7. The molecule has 0 saturated carbocycles. The van der Waals surface area contributed by atoms with Crippen molar-refractivity contribution in [2.75, 3.05) is 0 Å². The molecule has 0 amide bonds. The van der Waals surface area contributed by atoms with Crippen molar-refractivity contribution in [3.05, 3.63) is 80.8 Å². The fourth-order valence-electron chi connectivity index (χ4n) is 4.78. The summed E-state index contributed by atoms with van der Waals surface area (Å²) in [5.41, 5.74) is 4.29. The number of aryl methyl sites for hydroxylation is 2. The first-order valence-corrected chi connectivity index (χ1v) is 12.6. The number of hydrogen-bond acceptors (Lipinski definition) is 6. The minimum atomic E-state index is -0.338. The predicted molar refractivity (Wildman–Crippen MR) is 142 cm³/mol. The molecule has 0 aliphatic rings. The summed E-state index contributed by atoms with van der Waals surface area (Å²) in [5, 5.41) is 14.3. The molecule has 0 aliphatic carbocycles. The number of fused-ring (bicyclic) bond motifs is 1. The van der Waals surface area contributed by atoms with Crippen LogP contribution < -0.4 is 11.2 Å². The van der Waals surface area contributed by atoms with E-state index in [0.717, 1.165) is 53.8 Å². The molecule has 0 bridgehead atoms. The molecule has 5 rings (SSSR count). The van der Waals surface area contributed by atoms with Gasteiger partial charge in [-0.15, -0.1) is 5.10 Å². The molecule has 190 valence electrons. The summed E-state index contributed by atoms with van der Waals surface area (Å²) in [4.78, 5) is 30.8. The van der Waals surface area contributed by atoms with Gasteiger partial charge >= 0.3 is 5.69 Å². The van der Waals surface area contributed by atoms with Crippen molar-refractivity contribution in [2.24, 2.45) is 7.05 Å². The molecule has 10 heteroatoms. The summed E-state index contributed by atoms with van der Waals surface area (Å²) in [5.74, 6) is 1.44. The molecule has 0 unspecified atom stereocenters. The number of aromatic nitrogens is 8. The van der Waals surface area contributed by atoms with E-state index in [9.17, 15) is 9.59 Å². The monoisotopic (exact) mass is 498 g/mol. The molecule has 10 nitrogen and oxygen atoms in total. The molecule has 0 saturated heterocycles. The molecular weight excluding hydrogens is 468 g/mol. The van der Waals surface area contributed by atoms with Crippen LogP contribution in [-0.4, -0.2) is 39.3 Å². The van der Waals surface area contributed by atoms with Gasteiger partial charge in [0.2, 0.25) is 0 Å². The molecule has 0 aliphatic heterocycles. The van der Waals surface area contributed by atoms with Gasteiger partial charge in [0, 0.05) is 32.1 Å².